The summed E-state index contributed by atoms with van der Waals surface area (Å²) in [6, 6.07) is 0. The van der Waals surface area contributed by atoms with Crippen molar-refractivity contribution in [3.05, 3.63) is 23.8 Å². The van der Waals surface area contributed by atoms with Crippen LogP contribution in [-0.4, -0.2) is 94.3 Å². The summed E-state index contributed by atoms with van der Waals surface area (Å²) in [5, 5.41) is 22.9. The van der Waals surface area contributed by atoms with Crippen molar-refractivity contribution in [1.82, 2.24) is 0 Å². The average Bonchev–Trinajstić information content (AvgIpc) is 3.01. The zero-order valence-electron chi connectivity index (χ0n) is 19.4. The van der Waals surface area contributed by atoms with E-state index >= 15 is 0 Å². The van der Waals surface area contributed by atoms with Crippen LogP contribution in [0.2, 0.25) is 0 Å². The Labute approximate surface area is 227 Å². The van der Waals surface area contributed by atoms with E-state index < -0.39 is 63.2 Å². The van der Waals surface area contributed by atoms with E-state index in [0.717, 1.165) is 12.0 Å². The summed E-state index contributed by atoms with van der Waals surface area (Å²) in [5.41, 5.74) is -2.14. The summed E-state index contributed by atoms with van der Waals surface area (Å²) in [4.78, 5) is 36.8. The minimum atomic E-state index is -4.34. The van der Waals surface area contributed by atoms with Crippen LogP contribution >= 0.6 is 0 Å². The van der Waals surface area contributed by atoms with Crippen LogP contribution in [-0.2, 0) is 29.2 Å². The number of aliphatic hydroxyl groups excluding tert-OH is 1. The van der Waals surface area contributed by atoms with Gasteiger partial charge in [-0.1, -0.05) is 25.5 Å². The summed E-state index contributed by atoms with van der Waals surface area (Å²) in [7, 11) is -4.34. The SMILES string of the molecule is C[C@]12C=CC(=O)C=C1CC[C@@H]1[C@@H]2[C@@H](O)C[C@@]2(C)[C@H]1CC[C@]2(O)C(=O)COC(=O)CCS(=O)(=O)O.[NaH]. The van der Waals surface area contributed by atoms with E-state index in [-0.39, 0.29) is 65.9 Å². The third-order valence-corrected chi connectivity index (χ3v) is 9.76. The van der Waals surface area contributed by atoms with Crippen molar-refractivity contribution in [2.75, 3.05) is 12.4 Å². The first-order valence-corrected chi connectivity index (χ1v) is 13.3. The fourth-order valence-electron chi connectivity index (χ4n) is 7.34. The first kappa shape index (κ1) is 28.7. The number of hydrogen-bond donors (Lipinski definition) is 3. The second-order valence-electron chi connectivity index (χ2n) is 10.7. The first-order valence-electron chi connectivity index (χ1n) is 11.7. The summed E-state index contributed by atoms with van der Waals surface area (Å²) >= 11 is 0. The summed E-state index contributed by atoms with van der Waals surface area (Å²) < 4.78 is 35.2. The Morgan fingerprint density at radius 3 is 2.57 bits per heavy atom. The Kier molecular flexibility index (Phi) is 8.01. The zero-order chi connectivity index (χ0) is 25.1. The predicted octanol–water partition coefficient (Wildman–Crippen LogP) is 0.738. The van der Waals surface area contributed by atoms with Gasteiger partial charge in [-0.2, -0.15) is 8.42 Å². The Bertz CT molecular complexity index is 1080. The predicted molar refractivity (Wildman–Crippen MR) is 127 cm³/mol. The van der Waals surface area contributed by atoms with Crippen LogP contribution in [0.1, 0.15) is 52.4 Å². The molecule has 4 aliphatic carbocycles. The van der Waals surface area contributed by atoms with Gasteiger partial charge in [-0.05, 0) is 56.1 Å². The molecule has 0 amide bonds. The van der Waals surface area contributed by atoms with E-state index in [1.165, 1.54) is 0 Å². The second-order valence-corrected chi connectivity index (χ2v) is 12.3. The number of Topliss-reactive ketones (excluding diaryl/α,β-unsaturated/α-hetero) is 1. The van der Waals surface area contributed by atoms with Gasteiger partial charge in [0.1, 0.15) is 5.60 Å². The molecule has 0 aromatic rings. The van der Waals surface area contributed by atoms with E-state index in [4.69, 9.17) is 9.29 Å². The van der Waals surface area contributed by atoms with Crippen molar-refractivity contribution in [2.45, 2.75) is 64.1 Å². The Morgan fingerprint density at radius 1 is 1.23 bits per heavy atom. The second kappa shape index (κ2) is 9.78. The fraction of sp³-hybridized carbons (Fsp3) is 0.708. The van der Waals surface area contributed by atoms with Crippen LogP contribution in [0.3, 0.4) is 0 Å². The molecule has 4 rings (SSSR count). The van der Waals surface area contributed by atoms with Crippen LogP contribution in [0.5, 0.6) is 0 Å². The molecule has 3 fully saturated rings. The van der Waals surface area contributed by atoms with Gasteiger partial charge in [0.25, 0.3) is 10.1 Å². The van der Waals surface area contributed by atoms with Crippen LogP contribution < -0.4 is 0 Å². The van der Waals surface area contributed by atoms with Crippen molar-refractivity contribution >= 4 is 57.2 Å². The van der Waals surface area contributed by atoms with Crippen molar-refractivity contribution in [3.63, 3.8) is 0 Å². The molecule has 35 heavy (non-hydrogen) atoms. The zero-order valence-corrected chi connectivity index (χ0v) is 20.2. The molecule has 0 radical (unpaired) electrons. The van der Waals surface area contributed by atoms with E-state index in [1.807, 2.05) is 19.9 Å². The molecule has 0 aromatic carbocycles. The molecular weight excluding hydrogens is 487 g/mol. The van der Waals surface area contributed by atoms with Crippen LogP contribution in [0.4, 0.5) is 0 Å². The number of ether oxygens (including phenoxy) is 1. The monoisotopic (exact) mass is 520 g/mol. The number of hydrogen-bond acceptors (Lipinski definition) is 8. The number of carbonyl (C=O) groups excluding carboxylic acids is 3. The van der Waals surface area contributed by atoms with Crippen LogP contribution in [0.25, 0.3) is 0 Å². The normalized spacial score (nSPS) is 40.0. The molecule has 3 saturated carbocycles. The topological polar surface area (TPSA) is 155 Å². The molecule has 7 atom stereocenters. The van der Waals surface area contributed by atoms with Crippen LogP contribution in [0.15, 0.2) is 23.8 Å². The van der Waals surface area contributed by atoms with Crippen molar-refractivity contribution in [3.8, 4) is 0 Å². The average molecular weight is 521 g/mol. The van der Waals surface area contributed by atoms with E-state index in [1.54, 1.807) is 12.2 Å². The Morgan fingerprint density at radius 2 is 1.91 bits per heavy atom. The van der Waals surface area contributed by atoms with Gasteiger partial charge in [0.05, 0.1) is 18.3 Å². The standard InChI is InChI=1S/C24H32O9S.Na.H/c1-22-8-5-15(25)11-14(22)3-4-16-17-6-9-24(29,23(17,2)12-18(26)21(16)22)19(27)13-33-20(28)7-10-34(30,31)32;;/h5,8,11,16-18,21,26,29H,3-4,6-7,9-10,12-13H2,1-2H3,(H,30,31,32);;/t16-,17-,18-,21+,22-,23-,24-;;/m0../s1. The number of allylic oxidation sites excluding steroid dienone is 4. The van der Waals surface area contributed by atoms with E-state index in [2.05, 4.69) is 0 Å². The molecule has 190 valence electrons. The third kappa shape index (κ3) is 4.87. The number of rotatable bonds is 6. The van der Waals surface area contributed by atoms with Gasteiger partial charge < -0.3 is 14.9 Å². The van der Waals surface area contributed by atoms with Gasteiger partial charge in [0, 0.05) is 16.7 Å². The molecule has 0 aromatic heterocycles. The summed E-state index contributed by atoms with van der Waals surface area (Å²) in [5.74, 6) is -2.61. The van der Waals surface area contributed by atoms with Crippen molar-refractivity contribution < 1.29 is 42.3 Å². The van der Waals surface area contributed by atoms with Gasteiger partial charge in [0.15, 0.2) is 12.4 Å². The van der Waals surface area contributed by atoms with Gasteiger partial charge in [-0.3, -0.25) is 18.9 Å². The van der Waals surface area contributed by atoms with Gasteiger partial charge in [-0.15, -0.1) is 0 Å². The number of aliphatic hydroxyl groups is 2. The molecule has 0 heterocycles. The minimum absolute atomic E-state index is 0. The molecule has 0 bridgehead atoms. The van der Waals surface area contributed by atoms with Gasteiger partial charge >= 0.3 is 35.5 Å². The molecule has 0 unspecified atom stereocenters. The molecule has 3 N–H and O–H groups in total. The number of ketones is 2. The number of esters is 1. The Balaban J connectivity index is 0.00000342. The van der Waals surface area contributed by atoms with E-state index in [9.17, 15) is 33.0 Å². The van der Waals surface area contributed by atoms with Crippen molar-refractivity contribution in [2.24, 2.45) is 28.6 Å². The quantitative estimate of drug-likeness (QED) is 0.261. The molecule has 11 heteroatoms. The van der Waals surface area contributed by atoms with Gasteiger partial charge in [-0.25, -0.2) is 0 Å². The first-order chi connectivity index (χ1) is 15.7. The maximum absolute atomic E-state index is 13.1. The van der Waals surface area contributed by atoms with Gasteiger partial charge in [0.2, 0.25) is 5.78 Å². The molecule has 0 aliphatic heterocycles. The van der Waals surface area contributed by atoms with E-state index in [0.29, 0.717) is 12.8 Å². The molecule has 9 nitrogen and oxygen atoms in total. The summed E-state index contributed by atoms with van der Waals surface area (Å²) in [6.07, 6.45) is 6.14. The fourth-order valence-corrected chi connectivity index (χ4v) is 7.76. The third-order valence-electron chi connectivity index (χ3n) is 9.04. The van der Waals surface area contributed by atoms with Crippen molar-refractivity contribution in [1.29, 1.82) is 0 Å². The maximum atomic E-state index is 13.1. The Hall–Kier alpha value is -0.880. The molecule has 0 saturated heterocycles. The molecule has 0 spiro atoms. The molecular formula is C24H33NaO9S. The summed E-state index contributed by atoms with van der Waals surface area (Å²) in [6.45, 7) is 3.15. The molecule has 4 aliphatic rings. The van der Waals surface area contributed by atoms with Crippen LogP contribution in [0, 0.1) is 28.6 Å². The number of fused-ring (bicyclic) bond motifs is 5. The number of carbonyl (C=O) groups is 3.